The SMILES string of the molecule is C/C=C/c1ccc(NS(C)(=O)=O)cc1CN1CCOC1=O. The van der Waals surface area contributed by atoms with Crippen molar-refractivity contribution in [3.05, 3.63) is 35.4 Å². The summed E-state index contributed by atoms with van der Waals surface area (Å²) in [4.78, 5) is 13.1. The highest BCUT2D eigenvalue weighted by atomic mass is 32.2. The molecule has 1 aromatic carbocycles. The van der Waals surface area contributed by atoms with Gasteiger partial charge in [0.15, 0.2) is 0 Å². The Morgan fingerprint density at radius 3 is 2.76 bits per heavy atom. The Morgan fingerprint density at radius 2 is 2.19 bits per heavy atom. The van der Waals surface area contributed by atoms with Gasteiger partial charge in [0, 0.05) is 12.2 Å². The molecule has 1 aliphatic rings. The summed E-state index contributed by atoms with van der Waals surface area (Å²) < 4.78 is 30.0. The highest BCUT2D eigenvalue weighted by Crippen LogP contribution is 2.21. The van der Waals surface area contributed by atoms with Gasteiger partial charge in [-0.3, -0.25) is 4.72 Å². The van der Waals surface area contributed by atoms with Crippen LogP contribution in [0.15, 0.2) is 24.3 Å². The second-order valence-corrected chi connectivity index (χ2v) is 6.57. The number of benzene rings is 1. The van der Waals surface area contributed by atoms with Gasteiger partial charge in [0.05, 0.1) is 12.8 Å². The molecule has 114 valence electrons. The Labute approximate surface area is 124 Å². The molecule has 1 heterocycles. The Hall–Kier alpha value is -2.02. The van der Waals surface area contributed by atoms with E-state index in [1.807, 2.05) is 25.1 Å². The van der Waals surface area contributed by atoms with E-state index in [-0.39, 0.29) is 6.09 Å². The van der Waals surface area contributed by atoms with Gasteiger partial charge in [-0.25, -0.2) is 13.2 Å². The lowest BCUT2D eigenvalue weighted by Crippen LogP contribution is -2.24. The third-order valence-corrected chi connectivity index (χ3v) is 3.61. The van der Waals surface area contributed by atoms with E-state index < -0.39 is 10.0 Å². The van der Waals surface area contributed by atoms with Crippen molar-refractivity contribution in [2.75, 3.05) is 24.1 Å². The fourth-order valence-corrected chi connectivity index (χ4v) is 2.69. The molecule has 0 bridgehead atoms. The van der Waals surface area contributed by atoms with Crippen LogP contribution in [0.5, 0.6) is 0 Å². The summed E-state index contributed by atoms with van der Waals surface area (Å²) in [6, 6.07) is 5.26. The van der Waals surface area contributed by atoms with E-state index in [1.165, 1.54) is 0 Å². The van der Waals surface area contributed by atoms with Crippen LogP contribution in [-0.4, -0.2) is 38.8 Å². The van der Waals surface area contributed by atoms with Crippen LogP contribution in [0.25, 0.3) is 6.08 Å². The molecule has 0 unspecified atom stereocenters. The zero-order valence-corrected chi connectivity index (χ0v) is 12.8. The summed E-state index contributed by atoms with van der Waals surface area (Å²) in [5.74, 6) is 0. The molecule has 6 nitrogen and oxygen atoms in total. The van der Waals surface area contributed by atoms with Crippen LogP contribution < -0.4 is 4.72 Å². The van der Waals surface area contributed by atoms with Crippen LogP contribution in [0, 0.1) is 0 Å². The standard InChI is InChI=1S/C14H18N2O4S/c1-3-4-11-5-6-13(15-21(2,18)19)9-12(11)10-16-7-8-20-14(16)17/h3-6,9,15H,7-8,10H2,1-2H3/b4-3+. The van der Waals surface area contributed by atoms with Crippen LogP contribution in [-0.2, 0) is 21.3 Å². The van der Waals surface area contributed by atoms with Crippen molar-refractivity contribution in [2.45, 2.75) is 13.5 Å². The van der Waals surface area contributed by atoms with E-state index in [0.717, 1.165) is 17.4 Å². The number of allylic oxidation sites excluding steroid dienone is 1. The first-order chi connectivity index (χ1) is 9.89. The van der Waals surface area contributed by atoms with Crippen LogP contribution in [0.3, 0.4) is 0 Å². The van der Waals surface area contributed by atoms with E-state index >= 15 is 0 Å². The first kappa shape index (κ1) is 15.4. The summed E-state index contributed by atoms with van der Waals surface area (Å²) in [5.41, 5.74) is 2.28. The van der Waals surface area contributed by atoms with Gasteiger partial charge in [-0.1, -0.05) is 18.2 Å². The molecule has 1 fully saturated rings. The molecule has 1 amide bonds. The number of sulfonamides is 1. The molecule has 1 aliphatic heterocycles. The third-order valence-electron chi connectivity index (χ3n) is 3.00. The van der Waals surface area contributed by atoms with Crippen molar-refractivity contribution in [3.63, 3.8) is 0 Å². The number of nitrogens with zero attached hydrogens (tertiary/aromatic N) is 1. The fourth-order valence-electron chi connectivity index (χ4n) is 2.14. The zero-order valence-electron chi connectivity index (χ0n) is 12.0. The van der Waals surface area contributed by atoms with Crippen LogP contribution >= 0.6 is 0 Å². The lowest BCUT2D eigenvalue weighted by molar-refractivity contribution is 0.157. The maximum Gasteiger partial charge on any atom is 0.410 e. The minimum Gasteiger partial charge on any atom is -0.448 e. The first-order valence-electron chi connectivity index (χ1n) is 6.54. The predicted molar refractivity (Wildman–Crippen MR) is 81.4 cm³/mol. The number of rotatable bonds is 5. The van der Waals surface area contributed by atoms with Gasteiger partial charge >= 0.3 is 6.09 Å². The van der Waals surface area contributed by atoms with Gasteiger partial charge in [-0.05, 0) is 30.2 Å². The molecule has 0 atom stereocenters. The Balaban J connectivity index is 2.30. The lowest BCUT2D eigenvalue weighted by Gasteiger charge is -2.16. The third kappa shape index (κ3) is 4.22. The average Bonchev–Trinajstić information content (AvgIpc) is 2.77. The van der Waals surface area contributed by atoms with Crippen LogP contribution in [0.1, 0.15) is 18.1 Å². The van der Waals surface area contributed by atoms with Gasteiger partial charge in [-0.15, -0.1) is 0 Å². The van der Waals surface area contributed by atoms with E-state index in [4.69, 9.17) is 4.74 Å². The summed E-state index contributed by atoms with van der Waals surface area (Å²) in [6.07, 6.45) is 4.57. The summed E-state index contributed by atoms with van der Waals surface area (Å²) in [6.45, 7) is 3.21. The van der Waals surface area contributed by atoms with E-state index in [9.17, 15) is 13.2 Å². The minimum absolute atomic E-state index is 0.345. The molecule has 1 N–H and O–H groups in total. The second kappa shape index (κ2) is 6.17. The van der Waals surface area contributed by atoms with Crippen LogP contribution in [0.4, 0.5) is 10.5 Å². The Bertz CT molecular complexity index is 668. The van der Waals surface area contributed by atoms with Crippen molar-refractivity contribution in [1.29, 1.82) is 0 Å². The summed E-state index contributed by atoms with van der Waals surface area (Å²) in [5, 5.41) is 0. The van der Waals surface area contributed by atoms with Crippen molar-refractivity contribution < 1.29 is 17.9 Å². The molecular weight excluding hydrogens is 292 g/mol. The minimum atomic E-state index is -3.33. The van der Waals surface area contributed by atoms with E-state index in [1.54, 1.807) is 17.0 Å². The number of hydrogen-bond acceptors (Lipinski definition) is 4. The maximum absolute atomic E-state index is 11.5. The molecule has 21 heavy (non-hydrogen) atoms. The first-order valence-corrected chi connectivity index (χ1v) is 8.43. The number of nitrogens with one attached hydrogen (secondary N) is 1. The van der Waals surface area contributed by atoms with Gasteiger partial charge in [0.25, 0.3) is 0 Å². The number of amides is 1. The topological polar surface area (TPSA) is 75.7 Å². The molecule has 2 rings (SSSR count). The molecule has 0 aliphatic carbocycles. The average molecular weight is 310 g/mol. The van der Waals surface area contributed by atoms with Crippen LogP contribution in [0.2, 0.25) is 0 Å². The van der Waals surface area contributed by atoms with E-state index in [2.05, 4.69) is 4.72 Å². The molecular formula is C14H18N2O4S. The smallest absolute Gasteiger partial charge is 0.410 e. The van der Waals surface area contributed by atoms with Gasteiger partial charge in [-0.2, -0.15) is 0 Å². The van der Waals surface area contributed by atoms with Crippen molar-refractivity contribution >= 4 is 27.9 Å². The zero-order chi connectivity index (χ0) is 15.5. The molecule has 0 aromatic heterocycles. The summed E-state index contributed by atoms with van der Waals surface area (Å²) >= 11 is 0. The predicted octanol–water partition coefficient (Wildman–Crippen LogP) is 2.04. The van der Waals surface area contributed by atoms with Gasteiger partial charge < -0.3 is 9.64 Å². The Morgan fingerprint density at radius 1 is 1.43 bits per heavy atom. The molecule has 7 heteroatoms. The number of cyclic esters (lactones) is 1. The van der Waals surface area contributed by atoms with Crippen molar-refractivity contribution in [1.82, 2.24) is 4.90 Å². The maximum atomic E-state index is 11.5. The number of ether oxygens (including phenoxy) is 1. The normalized spacial score (nSPS) is 15.5. The number of anilines is 1. The quantitative estimate of drug-likeness (QED) is 0.903. The highest BCUT2D eigenvalue weighted by molar-refractivity contribution is 7.92. The van der Waals surface area contributed by atoms with Gasteiger partial charge in [0.2, 0.25) is 10.0 Å². The summed E-state index contributed by atoms with van der Waals surface area (Å²) in [7, 11) is -3.33. The molecule has 1 saturated heterocycles. The fraction of sp³-hybridized carbons (Fsp3) is 0.357. The number of hydrogen-bond donors (Lipinski definition) is 1. The number of carbonyl (C=O) groups excluding carboxylic acids is 1. The second-order valence-electron chi connectivity index (χ2n) is 4.82. The highest BCUT2D eigenvalue weighted by Gasteiger charge is 2.22. The molecule has 1 aromatic rings. The lowest BCUT2D eigenvalue weighted by atomic mass is 10.1. The Kier molecular flexibility index (Phi) is 4.52. The van der Waals surface area contributed by atoms with E-state index in [0.29, 0.717) is 25.4 Å². The molecule has 0 spiro atoms. The largest absolute Gasteiger partial charge is 0.448 e. The molecule has 0 saturated carbocycles. The van der Waals surface area contributed by atoms with Crippen molar-refractivity contribution in [3.8, 4) is 0 Å². The number of carbonyl (C=O) groups is 1. The monoisotopic (exact) mass is 310 g/mol. The van der Waals surface area contributed by atoms with Gasteiger partial charge in [0.1, 0.15) is 6.61 Å². The van der Waals surface area contributed by atoms with Crippen molar-refractivity contribution in [2.24, 2.45) is 0 Å². The molecule has 0 radical (unpaired) electrons.